The van der Waals surface area contributed by atoms with E-state index in [1.807, 2.05) is 0 Å². The van der Waals surface area contributed by atoms with Gasteiger partial charge in [-0.05, 0) is 14.0 Å². The number of carbonyl (C=O) groups is 1. The molecule has 0 amide bonds. The second-order valence-corrected chi connectivity index (χ2v) is 3.47. The van der Waals surface area contributed by atoms with Crippen LogP contribution in [-0.4, -0.2) is 46.3 Å². The van der Waals surface area contributed by atoms with Crippen LogP contribution >= 0.6 is 0 Å². The zero-order valence-electron chi connectivity index (χ0n) is 6.74. The minimum absolute atomic E-state index is 0.318. The topological polar surface area (TPSA) is 60.8 Å². The van der Waals surface area contributed by atoms with Crippen molar-refractivity contribution < 1.29 is 15.0 Å². The lowest BCUT2D eigenvalue weighted by Crippen LogP contribution is -2.32. The molecule has 0 aromatic carbocycles. The van der Waals surface area contributed by atoms with Gasteiger partial charge in [0, 0.05) is 13.0 Å². The van der Waals surface area contributed by atoms with Crippen molar-refractivity contribution in [3.63, 3.8) is 0 Å². The molecule has 0 bridgehead atoms. The summed E-state index contributed by atoms with van der Waals surface area (Å²) in [5, 5.41) is 18.1. The Bertz CT molecular complexity index is 179. The minimum atomic E-state index is -0.856. The van der Waals surface area contributed by atoms with E-state index in [4.69, 9.17) is 5.11 Å². The molecular formula is C7H13NO3. The highest BCUT2D eigenvalue weighted by atomic mass is 16.4. The minimum Gasteiger partial charge on any atom is -0.480 e. The SMILES string of the molecule is CN1C[C@@](C)(O)C[C@H]1C(=O)O. The summed E-state index contributed by atoms with van der Waals surface area (Å²) in [4.78, 5) is 12.2. The maximum Gasteiger partial charge on any atom is 0.321 e. The van der Waals surface area contributed by atoms with Crippen molar-refractivity contribution in [2.75, 3.05) is 13.6 Å². The molecular weight excluding hydrogens is 146 g/mol. The van der Waals surface area contributed by atoms with Crippen molar-refractivity contribution in [2.24, 2.45) is 0 Å². The van der Waals surface area contributed by atoms with E-state index >= 15 is 0 Å². The normalized spacial score (nSPS) is 39.4. The first-order chi connectivity index (χ1) is 4.92. The van der Waals surface area contributed by atoms with Crippen molar-refractivity contribution in [1.29, 1.82) is 0 Å². The molecule has 0 aromatic heterocycles. The smallest absolute Gasteiger partial charge is 0.321 e. The van der Waals surface area contributed by atoms with E-state index in [9.17, 15) is 9.90 Å². The van der Waals surface area contributed by atoms with Crippen LogP contribution in [-0.2, 0) is 4.79 Å². The summed E-state index contributed by atoms with van der Waals surface area (Å²) in [5.41, 5.74) is -0.836. The zero-order valence-corrected chi connectivity index (χ0v) is 6.74. The summed E-state index contributed by atoms with van der Waals surface area (Å²) >= 11 is 0. The van der Waals surface area contributed by atoms with Crippen molar-refractivity contribution in [3.05, 3.63) is 0 Å². The van der Waals surface area contributed by atoms with E-state index in [-0.39, 0.29) is 0 Å². The Kier molecular flexibility index (Phi) is 1.90. The lowest BCUT2D eigenvalue weighted by atomic mass is 10.0. The fourth-order valence-corrected chi connectivity index (χ4v) is 1.56. The van der Waals surface area contributed by atoms with Crippen LogP contribution in [0.25, 0.3) is 0 Å². The molecule has 4 nitrogen and oxygen atoms in total. The molecule has 1 saturated heterocycles. The van der Waals surface area contributed by atoms with Crippen LogP contribution < -0.4 is 0 Å². The monoisotopic (exact) mass is 159 g/mol. The number of likely N-dealkylation sites (tertiary alicyclic amines) is 1. The van der Waals surface area contributed by atoms with Crippen LogP contribution in [0.4, 0.5) is 0 Å². The number of aliphatic carboxylic acids is 1. The van der Waals surface area contributed by atoms with Crippen molar-refractivity contribution in [3.8, 4) is 0 Å². The molecule has 0 unspecified atom stereocenters. The summed E-state index contributed by atoms with van der Waals surface area (Å²) in [6, 6.07) is -0.523. The molecule has 1 fully saturated rings. The third-order valence-electron chi connectivity index (χ3n) is 2.04. The van der Waals surface area contributed by atoms with E-state index in [0.717, 1.165) is 0 Å². The molecule has 1 aliphatic heterocycles. The van der Waals surface area contributed by atoms with Gasteiger partial charge in [0.2, 0.25) is 0 Å². The third-order valence-corrected chi connectivity index (χ3v) is 2.04. The summed E-state index contributed by atoms with van der Waals surface area (Å²) in [6.07, 6.45) is 0.318. The number of hydrogen-bond donors (Lipinski definition) is 2. The fourth-order valence-electron chi connectivity index (χ4n) is 1.56. The number of carboxylic acid groups (broad SMARTS) is 1. The van der Waals surface area contributed by atoms with Gasteiger partial charge in [-0.1, -0.05) is 0 Å². The number of hydrogen-bond acceptors (Lipinski definition) is 3. The summed E-state index contributed by atoms with van der Waals surface area (Å²) in [5.74, 6) is -0.856. The molecule has 1 aliphatic rings. The second kappa shape index (κ2) is 2.46. The molecule has 2 atom stereocenters. The van der Waals surface area contributed by atoms with Gasteiger partial charge in [-0.3, -0.25) is 9.69 Å². The van der Waals surface area contributed by atoms with Gasteiger partial charge in [0.25, 0.3) is 0 Å². The van der Waals surface area contributed by atoms with Gasteiger partial charge >= 0.3 is 5.97 Å². The largest absolute Gasteiger partial charge is 0.480 e. The van der Waals surface area contributed by atoms with Gasteiger partial charge in [-0.15, -0.1) is 0 Å². The van der Waals surface area contributed by atoms with E-state index < -0.39 is 17.6 Å². The van der Waals surface area contributed by atoms with E-state index in [1.54, 1.807) is 18.9 Å². The van der Waals surface area contributed by atoms with Crippen LogP contribution in [0, 0.1) is 0 Å². The Morgan fingerprint density at radius 3 is 2.45 bits per heavy atom. The van der Waals surface area contributed by atoms with Crippen LogP contribution in [0.5, 0.6) is 0 Å². The van der Waals surface area contributed by atoms with Gasteiger partial charge in [-0.25, -0.2) is 0 Å². The number of nitrogens with zero attached hydrogens (tertiary/aromatic N) is 1. The Morgan fingerprint density at radius 1 is 1.73 bits per heavy atom. The molecule has 4 heteroatoms. The maximum absolute atomic E-state index is 10.5. The number of aliphatic hydroxyl groups is 1. The van der Waals surface area contributed by atoms with E-state index in [2.05, 4.69) is 0 Å². The van der Waals surface area contributed by atoms with Gasteiger partial charge in [-0.2, -0.15) is 0 Å². The Hall–Kier alpha value is -0.610. The average Bonchev–Trinajstić information content (AvgIpc) is 2.05. The lowest BCUT2D eigenvalue weighted by Gasteiger charge is -2.14. The highest BCUT2D eigenvalue weighted by Crippen LogP contribution is 2.24. The molecule has 0 spiro atoms. The summed E-state index contributed by atoms with van der Waals surface area (Å²) in [7, 11) is 1.71. The van der Waals surface area contributed by atoms with Crippen LogP contribution in [0.15, 0.2) is 0 Å². The van der Waals surface area contributed by atoms with Gasteiger partial charge in [0.1, 0.15) is 6.04 Å². The molecule has 0 saturated carbocycles. The Morgan fingerprint density at radius 2 is 2.27 bits per heavy atom. The molecule has 64 valence electrons. The quantitative estimate of drug-likeness (QED) is 0.543. The highest BCUT2D eigenvalue weighted by molar-refractivity contribution is 5.74. The third kappa shape index (κ3) is 1.70. The van der Waals surface area contributed by atoms with Crippen molar-refractivity contribution in [1.82, 2.24) is 4.90 Å². The molecule has 1 rings (SSSR count). The lowest BCUT2D eigenvalue weighted by molar-refractivity contribution is -0.141. The number of β-amino-alcohol motifs (C(OH)–C–C–N with tert-alkyl or cyclic N) is 1. The molecule has 0 aliphatic carbocycles. The molecule has 11 heavy (non-hydrogen) atoms. The van der Waals surface area contributed by atoms with Crippen LogP contribution in [0.2, 0.25) is 0 Å². The number of carboxylic acids is 1. The van der Waals surface area contributed by atoms with Gasteiger partial charge in [0.05, 0.1) is 5.60 Å². The van der Waals surface area contributed by atoms with Gasteiger partial charge < -0.3 is 10.2 Å². The van der Waals surface area contributed by atoms with Gasteiger partial charge in [0.15, 0.2) is 0 Å². The second-order valence-electron chi connectivity index (χ2n) is 3.47. The number of rotatable bonds is 1. The molecule has 0 aromatic rings. The van der Waals surface area contributed by atoms with E-state index in [0.29, 0.717) is 13.0 Å². The Labute approximate surface area is 65.4 Å². The maximum atomic E-state index is 10.5. The highest BCUT2D eigenvalue weighted by Gasteiger charge is 2.40. The first-order valence-electron chi connectivity index (χ1n) is 3.58. The molecule has 2 N–H and O–H groups in total. The predicted octanol–water partition coefficient (Wildman–Crippen LogP) is -0.474. The van der Waals surface area contributed by atoms with E-state index in [1.165, 1.54) is 0 Å². The standard InChI is InChI=1S/C7H13NO3/c1-7(11)3-5(6(9)10)8(2)4-7/h5,11H,3-4H2,1-2H3,(H,9,10)/t5-,7-/m0/s1. The fraction of sp³-hybridized carbons (Fsp3) is 0.857. The summed E-state index contributed by atoms with van der Waals surface area (Å²) in [6.45, 7) is 2.09. The predicted molar refractivity (Wildman–Crippen MR) is 39.3 cm³/mol. The van der Waals surface area contributed by atoms with Crippen LogP contribution in [0.3, 0.4) is 0 Å². The van der Waals surface area contributed by atoms with Crippen molar-refractivity contribution in [2.45, 2.75) is 25.0 Å². The first kappa shape index (κ1) is 8.49. The Balaban J connectivity index is 2.66. The molecule has 1 heterocycles. The summed E-state index contributed by atoms with van der Waals surface area (Å²) < 4.78 is 0. The first-order valence-corrected chi connectivity index (χ1v) is 3.58. The molecule has 0 radical (unpaired) electrons. The zero-order chi connectivity index (χ0) is 8.65. The average molecular weight is 159 g/mol. The number of likely N-dealkylation sites (N-methyl/N-ethyl adjacent to an activating group) is 1. The van der Waals surface area contributed by atoms with Crippen LogP contribution in [0.1, 0.15) is 13.3 Å². The van der Waals surface area contributed by atoms with Crippen molar-refractivity contribution >= 4 is 5.97 Å².